The highest BCUT2D eigenvalue weighted by Gasteiger charge is 2.17. The number of para-hydroxylation sites is 2. The van der Waals surface area contributed by atoms with E-state index in [4.69, 9.17) is 9.47 Å². The Hall–Kier alpha value is -1.22. The van der Waals surface area contributed by atoms with Gasteiger partial charge in [-0.25, -0.2) is 0 Å². The van der Waals surface area contributed by atoms with Gasteiger partial charge in [-0.15, -0.1) is 0 Å². The third-order valence-electron chi connectivity index (χ3n) is 2.41. The Balaban J connectivity index is 1.93. The van der Waals surface area contributed by atoms with Crippen LogP contribution < -0.4 is 14.8 Å². The summed E-state index contributed by atoms with van der Waals surface area (Å²) in [7, 11) is 1.66. The second kappa shape index (κ2) is 4.33. The standard InChI is InChI=1S/C11H15NO2/c1-13-10-4-2-3-5-11(10)14-8-9-6-12-7-9/h2-5,9,12H,6-8H2,1H3. The maximum Gasteiger partial charge on any atom is 0.161 e. The van der Waals surface area contributed by atoms with E-state index >= 15 is 0 Å². The summed E-state index contributed by atoms with van der Waals surface area (Å²) in [6, 6.07) is 7.74. The van der Waals surface area contributed by atoms with Crippen molar-refractivity contribution in [2.75, 3.05) is 26.8 Å². The smallest absolute Gasteiger partial charge is 0.161 e. The Labute approximate surface area is 84.0 Å². The number of benzene rings is 1. The molecule has 0 saturated carbocycles. The fourth-order valence-corrected chi connectivity index (χ4v) is 1.41. The summed E-state index contributed by atoms with van der Waals surface area (Å²) in [5, 5.41) is 3.21. The number of rotatable bonds is 4. The first-order valence-corrected chi connectivity index (χ1v) is 4.86. The van der Waals surface area contributed by atoms with Crippen molar-refractivity contribution >= 4 is 0 Å². The molecule has 0 unspecified atom stereocenters. The van der Waals surface area contributed by atoms with Crippen molar-refractivity contribution in [3.8, 4) is 11.5 Å². The molecule has 1 aliphatic rings. The minimum absolute atomic E-state index is 0.653. The fourth-order valence-electron chi connectivity index (χ4n) is 1.41. The van der Waals surface area contributed by atoms with Gasteiger partial charge in [0.2, 0.25) is 0 Å². The molecule has 0 atom stereocenters. The van der Waals surface area contributed by atoms with Crippen molar-refractivity contribution in [1.29, 1.82) is 0 Å². The van der Waals surface area contributed by atoms with E-state index in [0.29, 0.717) is 5.92 Å². The molecule has 1 aromatic carbocycles. The van der Waals surface area contributed by atoms with Crippen LogP contribution in [0.2, 0.25) is 0 Å². The molecule has 1 aromatic rings. The number of methoxy groups -OCH3 is 1. The summed E-state index contributed by atoms with van der Waals surface area (Å²) in [4.78, 5) is 0. The van der Waals surface area contributed by atoms with Crippen LogP contribution >= 0.6 is 0 Å². The molecule has 76 valence electrons. The molecule has 1 N–H and O–H groups in total. The van der Waals surface area contributed by atoms with Gasteiger partial charge in [-0.2, -0.15) is 0 Å². The number of hydrogen-bond acceptors (Lipinski definition) is 3. The van der Waals surface area contributed by atoms with Gasteiger partial charge in [0.1, 0.15) is 0 Å². The molecular formula is C11H15NO2. The zero-order valence-corrected chi connectivity index (χ0v) is 8.32. The van der Waals surface area contributed by atoms with E-state index in [-0.39, 0.29) is 0 Å². The van der Waals surface area contributed by atoms with Crippen LogP contribution in [0.15, 0.2) is 24.3 Å². The predicted molar refractivity (Wildman–Crippen MR) is 54.8 cm³/mol. The van der Waals surface area contributed by atoms with E-state index in [0.717, 1.165) is 31.2 Å². The van der Waals surface area contributed by atoms with Gasteiger partial charge in [0, 0.05) is 19.0 Å². The highest BCUT2D eigenvalue weighted by atomic mass is 16.5. The monoisotopic (exact) mass is 193 g/mol. The lowest BCUT2D eigenvalue weighted by Gasteiger charge is -2.27. The van der Waals surface area contributed by atoms with E-state index in [1.165, 1.54) is 0 Å². The maximum atomic E-state index is 5.67. The van der Waals surface area contributed by atoms with Crippen molar-refractivity contribution in [3.05, 3.63) is 24.3 Å². The van der Waals surface area contributed by atoms with Crippen LogP contribution in [0.25, 0.3) is 0 Å². The van der Waals surface area contributed by atoms with Crippen molar-refractivity contribution in [3.63, 3.8) is 0 Å². The first-order chi connectivity index (χ1) is 6.90. The molecule has 1 fully saturated rings. The average molecular weight is 193 g/mol. The molecule has 0 aliphatic carbocycles. The van der Waals surface area contributed by atoms with Crippen molar-refractivity contribution in [2.45, 2.75) is 0 Å². The molecule has 1 heterocycles. The molecule has 0 aromatic heterocycles. The molecule has 0 spiro atoms. The molecule has 3 nitrogen and oxygen atoms in total. The van der Waals surface area contributed by atoms with E-state index in [1.54, 1.807) is 7.11 Å². The van der Waals surface area contributed by atoms with Crippen molar-refractivity contribution in [1.82, 2.24) is 5.32 Å². The molecule has 0 radical (unpaired) electrons. The zero-order valence-electron chi connectivity index (χ0n) is 8.32. The molecule has 3 heteroatoms. The maximum absolute atomic E-state index is 5.67. The first kappa shape index (κ1) is 9.34. The lowest BCUT2D eigenvalue weighted by molar-refractivity contribution is 0.193. The Morgan fingerprint density at radius 3 is 2.57 bits per heavy atom. The molecule has 14 heavy (non-hydrogen) atoms. The Kier molecular flexibility index (Phi) is 2.89. The van der Waals surface area contributed by atoms with Gasteiger partial charge >= 0.3 is 0 Å². The summed E-state index contributed by atoms with van der Waals surface area (Å²) >= 11 is 0. The van der Waals surface area contributed by atoms with Gasteiger partial charge in [0.15, 0.2) is 11.5 Å². The lowest BCUT2D eigenvalue weighted by atomic mass is 10.1. The molecular weight excluding hydrogens is 178 g/mol. The Bertz CT molecular complexity index is 297. The quantitative estimate of drug-likeness (QED) is 0.781. The van der Waals surface area contributed by atoms with E-state index in [2.05, 4.69) is 5.32 Å². The summed E-state index contributed by atoms with van der Waals surface area (Å²) in [5.74, 6) is 2.29. The van der Waals surface area contributed by atoms with Crippen LogP contribution in [0.3, 0.4) is 0 Å². The topological polar surface area (TPSA) is 30.5 Å². The highest BCUT2D eigenvalue weighted by Crippen LogP contribution is 2.26. The van der Waals surface area contributed by atoms with Crippen LogP contribution in [0, 0.1) is 5.92 Å². The minimum atomic E-state index is 0.653. The zero-order chi connectivity index (χ0) is 9.80. The number of nitrogens with one attached hydrogen (secondary N) is 1. The number of hydrogen-bond donors (Lipinski definition) is 1. The van der Waals surface area contributed by atoms with Gasteiger partial charge < -0.3 is 14.8 Å². The normalized spacial score (nSPS) is 16.1. The predicted octanol–water partition coefficient (Wildman–Crippen LogP) is 1.29. The van der Waals surface area contributed by atoms with Crippen LogP contribution in [0.1, 0.15) is 0 Å². The third-order valence-corrected chi connectivity index (χ3v) is 2.41. The van der Waals surface area contributed by atoms with E-state index < -0.39 is 0 Å². The molecule has 0 bridgehead atoms. The van der Waals surface area contributed by atoms with Gasteiger partial charge in [-0.1, -0.05) is 12.1 Å². The SMILES string of the molecule is COc1ccccc1OCC1CNC1. The molecule has 1 saturated heterocycles. The fraction of sp³-hybridized carbons (Fsp3) is 0.455. The van der Waals surface area contributed by atoms with Crippen molar-refractivity contribution < 1.29 is 9.47 Å². The average Bonchev–Trinajstić information content (AvgIpc) is 2.16. The lowest BCUT2D eigenvalue weighted by Crippen LogP contribution is -2.45. The largest absolute Gasteiger partial charge is 0.493 e. The molecule has 2 rings (SSSR count). The van der Waals surface area contributed by atoms with Crippen LogP contribution in [-0.4, -0.2) is 26.8 Å². The second-order valence-electron chi connectivity index (χ2n) is 3.49. The Morgan fingerprint density at radius 1 is 1.29 bits per heavy atom. The first-order valence-electron chi connectivity index (χ1n) is 4.86. The highest BCUT2D eigenvalue weighted by molar-refractivity contribution is 5.39. The van der Waals surface area contributed by atoms with Crippen molar-refractivity contribution in [2.24, 2.45) is 5.92 Å². The van der Waals surface area contributed by atoms with E-state index in [1.807, 2.05) is 24.3 Å². The van der Waals surface area contributed by atoms with Crippen LogP contribution in [0.5, 0.6) is 11.5 Å². The van der Waals surface area contributed by atoms with Crippen LogP contribution in [0.4, 0.5) is 0 Å². The van der Waals surface area contributed by atoms with E-state index in [9.17, 15) is 0 Å². The summed E-state index contributed by atoms with van der Waals surface area (Å²) in [5.41, 5.74) is 0. The third kappa shape index (κ3) is 1.99. The summed E-state index contributed by atoms with van der Waals surface area (Å²) in [6.45, 7) is 2.90. The summed E-state index contributed by atoms with van der Waals surface area (Å²) in [6.07, 6.45) is 0. The molecule has 1 aliphatic heterocycles. The van der Waals surface area contributed by atoms with Gasteiger partial charge in [0.05, 0.1) is 13.7 Å². The van der Waals surface area contributed by atoms with Gasteiger partial charge in [-0.3, -0.25) is 0 Å². The second-order valence-corrected chi connectivity index (χ2v) is 3.49. The van der Waals surface area contributed by atoms with Gasteiger partial charge in [0.25, 0.3) is 0 Å². The van der Waals surface area contributed by atoms with Gasteiger partial charge in [-0.05, 0) is 12.1 Å². The van der Waals surface area contributed by atoms with Crippen LogP contribution in [-0.2, 0) is 0 Å². The minimum Gasteiger partial charge on any atom is -0.493 e. The number of ether oxygens (including phenoxy) is 2. The Morgan fingerprint density at radius 2 is 2.00 bits per heavy atom. The summed E-state index contributed by atoms with van der Waals surface area (Å²) < 4.78 is 10.9. The molecule has 0 amide bonds.